The van der Waals surface area contributed by atoms with Gasteiger partial charge in [0.15, 0.2) is 18.0 Å². The van der Waals surface area contributed by atoms with Crippen molar-refractivity contribution in [3.05, 3.63) is 23.8 Å². The van der Waals surface area contributed by atoms with Gasteiger partial charge in [0.2, 0.25) is 5.91 Å². The fraction of sp³-hybridized carbons (Fsp3) is 0.600. The van der Waals surface area contributed by atoms with E-state index in [1.165, 1.54) is 4.90 Å². The molecule has 0 unspecified atom stereocenters. The largest absolute Gasteiger partial charge is 0.486 e. The summed E-state index contributed by atoms with van der Waals surface area (Å²) < 4.78 is 11.1. The number of rotatable bonds is 4. The standard InChI is InChI=1S/C20H27N3O4/c24-19(14-16-3-4-17-18(13-16)27-12-11-26-17)23-9-7-21(8-10-23)15-20(25)22-5-1-2-6-22/h3-4,13H,1-2,5-12,14-15H2/p+1. The summed E-state index contributed by atoms with van der Waals surface area (Å²) in [6.07, 6.45) is 2.63. The molecule has 1 N–H and O–H groups in total. The van der Waals surface area contributed by atoms with E-state index in [9.17, 15) is 9.59 Å². The average molecular weight is 374 g/mol. The van der Waals surface area contributed by atoms with Gasteiger partial charge in [-0.1, -0.05) is 6.07 Å². The number of fused-ring (bicyclic) bond motifs is 1. The molecular weight excluding hydrogens is 346 g/mol. The van der Waals surface area contributed by atoms with Crippen molar-refractivity contribution < 1.29 is 24.0 Å². The predicted molar refractivity (Wildman–Crippen MR) is 99.1 cm³/mol. The highest BCUT2D eigenvalue weighted by molar-refractivity contribution is 5.79. The average Bonchev–Trinajstić information content (AvgIpc) is 3.23. The zero-order valence-electron chi connectivity index (χ0n) is 15.7. The maximum absolute atomic E-state index is 12.6. The first-order chi connectivity index (χ1) is 13.2. The third-order valence-electron chi connectivity index (χ3n) is 5.65. The van der Waals surface area contributed by atoms with E-state index >= 15 is 0 Å². The number of hydrogen-bond acceptors (Lipinski definition) is 4. The summed E-state index contributed by atoms with van der Waals surface area (Å²) in [5.41, 5.74) is 0.947. The monoisotopic (exact) mass is 374 g/mol. The van der Waals surface area contributed by atoms with E-state index < -0.39 is 0 Å². The number of quaternary nitrogens is 1. The van der Waals surface area contributed by atoms with Crippen molar-refractivity contribution in [1.82, 2.24) is 9.80 Å². The number of ether oxygens (including phenoxy) is 2. The molecule has 146 valence electrons. The second-order valence-electron chi connectivity index (χ2n) is 7.55. The van der Waals surface area contributed by atoms with Gasteiger partial charge in [-0.05, 0) is 30.5 Å². The molecule has 0 saturated carbocycles. The van der Waals surface area contributed by atoms with Crippen molar-refractivity contribution in [2.45, 2.75) is 19.3 Å². The molecule has 0 spiro atoms. The van der Waals surface area contributed by atoms with Crippen LogP contribution < -0.4 is 14.4 Å². The van der Waals surface area contributed by atoms with E-state index in [-0.39, 0.29) is 11.8 Å². The van der Waals surface area contributed by atoms with E-state index in [2.05, 4.69) is 0 Å². The van der Waals surface area contributed by atoms with E-state index in [4.69, 9.17) is 9.47 Å². The molecule has 0 bridgehead atoms. The van der Waals surface area contributed by atoms with Crippen LogP contribution in [0.2, 0.25) is 0 Å². The highest BCUT2D eigenvalue weighted by Gasteiger charge is 2.28. The molecule has 1 aromatic rings. The summed E-state index contributed by atoms with van der Waals surface area (Å²) in [4.78, 5) is 30.1. The van der Waals surface area contributed by atoms with Crippen LogP contribution in [-0.2, 0) is 16.0 Å². The normalized spacial score (nSPS) is 20.0. The number of hydrogen-bond donors (Lipinski definition) is 1. The number of amides is 2. The molecule has 4 rings (SSSR count). The van der Waals surface area contributed by atoms with Crippen LogP contribution in [0.5, 0.6) is 11.5 Å². The molecule has 0 atom stereocenters. The van der Waals surface area contributed by atoms with Crippen LogP contribution in [0, 0.1) is 0 Å². The van der Waals surface area contributed by atoms with Gasteiger partial charge < -0.3 is 24.2 Å². The van der Waals surface area contributed by atoms with E-state index in [1.807, 2.05) is 28.0 Å². The molecule has 3 aliphatic heterocycles. The molecule has 7 heteroatoms. The fourth-order valence-corrected chi connectivity index (χ4v) is 4.03. The SMILES string of the molecule is O=C(Cc1ccc2c(c1)OCCO2)N1CC[NH+](CC(=O)N2CCCC2)CC1. The molecule has 0 radical (unpaired) electrons. The molecule has 2 saturated heterocycles. The molecule has 7 nitrogen and oxygen atoms in total. The first-order valence-electron chi connectivity index (χ1n) is 9.97. The van der Waals surface area contributed by atoms with Crippen LogP contribution in [0.1, 0.15) is 18.4 Å². The van der Waals surface area contributed by atoms with E-state index in [0.29, 0.717) is 39.3 Å². The Hall–Kier alpha value is -2.28. The van der Waals surface area contributed by atoms with Crippen LogP contribution in [0.25, 0.3) is 0 Å². The van der Waals surface area contributed by atoms with Gasteiger partial charge in [-0.3, -0.25) is 9.59 Å². The van der Waals surface area contributed by atoms with Gasteiger partial charge in [-0.2, -0.15) is 0 Å². The summed E-state index contributed by atoms with van der Waals surface area (Å²) in [5.74, 6) is 1.87. The Kier molecular flexibility index (Phi) is 5.48. The van der Waals surface area contributed by atoms with E-state index in [0.717, 1.165) is 56.1 Å². The first-order valence-corrected chi connectivity index (χ1v) is 9.97. The van der Waals surface area contributed by atoms with Crippen molar-refractivity contribution in [2.75, 3.05) is 59.0 Å². The Balaban J connectivity index is 1.25. The summed E-state index contributed by atoms with van der Waals surface area (Å²) >= 11 is 0. The maximum Gasteiger partial charge on any atom is 0.277 e. The number of likely N-dealkylation sites (tertiary alicyclic amines) is 1. The highest BCUT2D eigenvalue weighted by Crippen LogP contribution is 2.30. The second-order valence-corrected chi connectivity index (χ2v) is 7.55. The van der Waals surface area contributed by atoms with Crippen molar-refractivity contribution in [3.8, 4) is 11.5 Å². The molecule has 1 aromatic carbocycles. The Morgan fingerprint density at radius 3 is 2.30 bits per heavy atom. The highest BCUT2D eigenvalue weighted by atomic mass is 16.6. The summed E-state index contributed by atoms with van der Waals surface area (Å²) in [6.45, 7) is 6.60. The van der Waals surface area contributed by atoms with Gasteiger partial charge in [0, 0.05) is 13.1 Å². The number of carbonyl (C=O) groups is 2. The van der Waals surface area contributed by atoms with Crippen molar-refractivity contribution in [2.24, 2.45) is 0 Å². The van der Waals surface area contributed by atoms with Gasteiger partial charge in [0.25, 0.3) is 5.91 Å². The first kappa shape index (κ1) is 18.1. The lowest BCUT2D eigenvalue weighted by Crippen LogP contribution is -3.15. The Labute approximate surface area is 159 Å². The molecule has 0 aromatic heterocycles. The van der Waals surface area contributed by atoms with Gasteiger partial charge in [-0.15, -0.1) is 0 Å². The van der Waals surface area contributed by atoms with Crippen LogP contribution in [-0.4, -0.2) is 80.6 Å². The zero-order chi connectivity index (χ0) is 18.6. The van der Waals surface area contributed by atoms with E-state index in [1.54, 1.807) is 0 Å². The van der Waals surface area contributed by atoms with Crippen LogP contribution in [0.4, 0.5) is 0 Å². The van der Waals surface area contributed by atoms with Crippen LogP contribution in [0.3, 0.4) is 0 Å². The molecule has 27 heavy (non-hydrogen) atoms. The minimum absolute atomic E-state index is 0.136. The van der Waals surface area contributed by atoms with Crippen LogP contribution in [0.15, 0.2) is 18.2 Å². The van der Waals surface area contributed by atoms with Crippen LogP contribution >= 0.6 is 0 Å². The summed E-state index contributed by atoms with van der Waals surface area (Å²) in [7, 11) is 0. The topological polar surface area (TPSA) is 63.5 Å². The van der Waals surface area contributed by atoms with Gasteiger partial charge in [0.1, 0.15) is 13.2 Å². The maximum atomic E-state index is 12.6. The minimum atomic E-state index is 0.136. The fourth-order valence-electron chi connectivity index (χ4n) is 4.03. The molecule has 3 aliphatic rings. The van der Waals surface area contributed by atoms with Gasteiger partial charge in [-0.25, -0.2) is 0 Å². The van der Waals surface area contributed by atoms with Crippen molar-refractivity contribution in [1.29, 1.82) is 0 Å². The number of benzene rings is 1. The van der Waals surface area contributed by atoms with Gasteiger partial charge >= 0.3 is 0 Å². The number of nitrogens with zero attached hydrogens (tertiary/aromatic N) is 2. The smallest absolute Gasteiger partial charge is 0.277 e. The number of piperazine rings is 1. The summed E-state index contributed by atoms with van der Waals surface area (Å²) in [5, 5.41) is 0. The molecule has 0 aliphatic carbocycles. The molecular formula is C20H28N3O4+. The minimum Gasteiger partial charge on any atom is -0.486 e. The molecule has 3 heterocycles. The molecule has 2 amide bonds. The third-order valence-corrected chi connectivity index (χ3v) is 5.65. The third kappa shape index (κ3) is 4.35. The quantitative estimate of drug-likeness (QED) is 0.761. The number of nitrogens with one attached hydrogen (secondary N) is 1. The lowest BCUT2D eigenvalue weighted by Gasteiger charge is -2.32. The lowest BCUT2D eigenvalue weighted by molar-refractivity contribution is -0.896. The Morgan fingerprint density at radius 1 is 0.889 bits per heavy atom. The second kappa shape index (κ2) is 8.17. The zero-order valence-corrected chi connectivity index (χ0v) is 15.7. The Bertz CT molecular complexity index is 694. The number of carbonyl (C=O) groups excluding carboxylic acids is 2. The molecule has 2 fully saturated rings. The van der Waals surface area contributed by atoms with Crippen molar-refractivity contribution >= 4 is 11.8 Å². The van der Waals surface area contributed by atoms with Gasteiger partial charge in [0.05, 0.1) is 32.6 Å². The lowest BCUT2D eigenvalue weighted by atomic mass is 10.1. The van der Waals surface area contributed by atoms with Crippen molar-refractivity contribution in [3.63, 3.8) is 0 Å². The Morgan fingerprint density at radius 2 is 1.56 bits per heavy atom. The predicted octanol–water partition coefficient (Wildman–Crippen LogP) is -0.650. The summed E-state index contributed by atoms with van der Waals surface area (Å²) in [6, 6.07) is 5.72.